The maximum absolute atomic E-state index is 13.4. The maximum Gasteiger partial charge on any atom is 0.490 e. The number of carbonyl (C=O) groups excluding carboxylic acids is 1. The van der Waals surface area contributed by atoms with Gasteiger partial charge in [-0.1, -0.05) is 64.0 Å². The quantitative estimate of drug-likeness (QED) is 0.00852. The van der Waals surface area contributed by atoms with Gasteiger partial charge in [0, 0.05) is 78.5 Å². The maximum atomic E-state index is 13.4. The third-order valence-electron chi connectivity index (χ3n) is 16.3. The van der Waals surface area contributed by atoms with Crippen LogP contribution in [0.3, 0.4) is 0 Å². The van der Waals surface area contributed by atoms with Crippen molar-refractivity contribution >= 4 is 101 Å². The average Bonchev–Trinajstić information content (AvgIpc) is 1.50. The molecule has 0 aliphatic carbocycles. The lowest BCUT2D eigenvalue weighted by molar-refractivity contribution is -0.437. The molecule has 4 aromatic rings. The predicted octanol–water partition coefficient (Wildman–Crippen LogP) is 7.04. The highest BCUT2D eigenvalue weighted by Gasteiger charge is 2.50. The number of allylic oxidation sites excluding steroid dienone is 9. The number of likely N-dealkylation sites (N-methyl/N-ethyl adjacent to an activating group) is 1. The Balaban J connectivity index is 0.912. The fourth-order valence-electron chi connectivity index (χ4n) is 12.0. The lowest BCUT2D eigenvalue weighted by Crippen LogP contribution is -2.45. The van der Waals surface area contributed by atoms with E-state index in [1.165, 1.54) is 12.1 Å². The molecule has 13 N–H and O–H groups in total. The molecule has 0 radical (unpaired) electrons. The summed E-state index contributed by atoms with van der Waals surface area (Å²) in [7, 11) is -26.3. The molecule has 36 heteroatoms. The van der Waals surface area contributed by atoms with Crippen molar-refractivity contribution in [2.45, 2.75) is 147 Å². The molecule has 4 aliphatic rings. The number of imidazole rings is 1. The van der Waals surface area contributed by atoms with Gasteiger partial charge in [0.1, 0.15) is 36.4 Å². The topological polar surface area (TPSA) is 464 Å². The predicted molar refractivity (Wildman–Crippen MR) is 348 cm³/mol. The minimum Gasteiger partial charge on any atom is -0.460 e. The second kappa shape index (κ2) is 28.6. The number of anilines is 3. The van der Waals surface area contributed by atoms with Crippen LogP contribution in [0.2, 0.25) is 0 Å². The summed E-state index contributed by atoms with van der Waals surface area (Å²) in [6.07, 6.45) is 9.61. The van der Waals surface area contributed by atoms with Gasteiger partial charge in [-0.2, -0.15) is 35.0 Å². The number of nitrogen functional groups attached to an aromatic ring is 1. The van der Waals surface area contributed by atoms with Crippen LogP contribution in [0.15, 0.2) is 88.3 Å². The number of aliphatic hydroxyl groups excluding tert-OH is 2. The molecule has 2 aromatic heterocycles. The van der Waals surface area contributed by atoms with Crippen molar-refractivity contribution in [1.82, 2.24) is 24.8 Å². The van der Waals surface area contributed by atoms with Crippen molar-refractivity contribution in [3.63, 3.8) is 0 Å². The molecule has 3 unspecified atom stereocenters. The first-order valence-electron chi connectivity index (χ1n) is 30.0. The van der Waals surface area contributed by atoms with Crippen LogP contribution >= 0.6 is 23.5 Å². The van der Waals surface area contributed by atoms with Crippen LogP contribution in [0.4, 0.5) is 23.3 Å². The van der Waals surface area contributed by atoms with Crippen molar-refractivity contribution < 1.29 is 101 Å². The number of rotatable bonds is 29. The summed E-state index contributed by atoms with van der Waals surface area (Å²) >= 11 is 0. The van der Waals surface area contributed by atoms with Crippen molar-refractivity contribution in [2.75, 3.05) is 54.5 Å². The van der Waals surface area contributed by atoms with Gasteiger partial charge in [-0.15, -0.1) is 0 Å². The summed E-state index contributed by atoms with van der Waals surface area (Å²) in [5, 5.41) is 27.9. The highest BCUT2D eigenvalue weighted by molar-refractivity contribution is 7.86. The first-order chi connectivity index (χ1) is 43.6. The third kappa shape index (κ3) is 17.7. The molecular formula is C58H81N9O22P3S2+. The Morgan fingerprint density at radius 3 is 2.27 bits per heavy atom. The number of benzene rings is 2. The van der Waals surface area contributed by atoms with E-state index in [9.17, 15) is 69.2 Å². The first-order valence-corrected chi connectivity index (χ1v) is 37.6. The number of nitrogens with zero attached hydrogens (tertiary/aromatic N) is 5. The Bertz CT molecular complexity index is 4230. The van der Waals surface area contributed by atoms with Gasteiger partial charge >= 0.3 is 23.5 Å². The number of ether oxygens (including phenoxy) is 2. The van der Waals surface area contributed by atoms with E-state index in [1.807, 2.05) is 48.0 Å². The molecule has 0 bridgehead atoms. The van der Waals surface area contributed by atoms with Crippen LogP contribution in [-0.2, 0) is 62.0 Å². The third-order valence-corrected chi connectivity index (χ3v) is 21.7. The van der Waals surface area contributed by atoms with E-state index in [-0.39, 0.29) is 70.7 Å². The molecule has 8 rings (SSSR count). The van der Waals surface area contributed by atoms with Crippen LogP contribution in [0.5, 0.6) is 5.75 Å². The summed E-state index contributed by atoms with van der Waals surface area (Å²) in [4.78, 5) is 76.1. The standard InChI is InChI=1S/C58H80N9O22P3S2/c1-9-66-42-32-43-39(31-38(42)35(2)33-57(66,6)7)36(29-46(86-43)56(3,4)5)19-13-12-14-20-45-58(8,40-30-37(94(82,83)84)22-23-41(40)65(45)27-18-28-93(79,80)81)24-17-21-47(68)60-25-15-10-11-16-26-61-55-62-48-51(63-54(59)64-52(48)71)67(55)53-50(70)49(69)44(87-53)34-85-91(75,76)89-92(77,78)88-90(72,73)74/h12-14,19-20,22-23,29-33,44,49-50,53,69-70H,9-11,15-18,21,24-28,34H2,1-8H3,(H10-,59,60,61,62,63,64,68,71,72,73,74,75,76,77,78,79,80,81,82,83,84)/p+1/t44-,49-,50-,53-,58?/m1/s1. The number of phosphoric acid groups is 3. The second-order valence-corrected chi connectivity index (χ2v) is 32.3. The second-order valence-electron chi connectivity index (χ2n) is 24.9. The van der Waals surface area contributed by atoms with Crippen LogP contribution < -0.4 is 31.6 Å². The van der Waals surface area contributed by atoms with Crippen molar-refractivity contribution in [2.24, 2.45) is 5.41 Å². The SMILES string of the molecule is CCN1c2cc3c(cc2C(C)=CC1(C)C)C(=CC=CC=CC1=[N+](CCCS(=O)(=O)O)c2ccc(S(=O)(=O)O)cc2C1(C)CCCC(=O)NCCCCCCNc1nc2c(=O)[nH]c(N)nc2n1[C@@H]1O[C@H](COP(=O)(O)OP(=O)(O)OP(=O)(O)O)[C@@H](O)[C@H]1O)C=C(C(C)(C)C)O3. The fourth-order valence-corrected chi connectivity index (χ4v) is 16.0. The average molecular weight is 1410 g/mol. The molecule has 31 nitrogen and oxygen atoms in total. The largest absolute Gasteiger partial charge is 0.490 e. The van der Waals surface area contributed by atoms with E-state index < -0.39 is 91.6 Å². The Morgan fingerprint density at radius 1 is 0.904 bits per heavy atom. The number of nitrogens with one attached hydrogen (secondary N) is 3. The lowest BCUT2D eigenvalue weighted by atomic mass is 9.75. The molecule has 6 heterocycles. The summed E-state index contributed by atoms with van der Waals surface area (Å²) in [5.41, 5.74) is 9.93. The number of phosphoric ester groups is 1. The van der Waals surface area contributed by atoms with Gasteiger partial charge in [0.15, 0.2) is 23.1 Å². The zero-order valence-corrected chi connectivity index (χ0v) is 57.2. The summed E-state index contributed by atoms with van der Waals surface area (Å²) in [5.74, 6) is 0.267. The number of aliphatic hydroxyl groups is 2. The fraction of sp³-hybridized carbons (Fsp3) is 0.500. The van der Waals surface area contributed by atoms with E-state index in [2.05, 4.69) is 110 Å². The molecule has 4 aliphatic heterocycles. The molecule has 7 atom stereocenters. The summed E-state index contributed by atoms with van der Waals surface area (Å²) in [6, 6.07) is 8.48. The number of H-pyrrole nitrogens is 1. The molecule has 1 fully saturated rings. The minimum atomic E-state index is -5.88. The van der Waals surface area contributed by atoms with Gasteiger partial charge in [0.05, 0.1) is 28.2 Å². The zero-order chi connectivity index (χ0) is 69.3. The Kier molecular flexibility index (Phi) is 22.4. The lowest BCUT2D eigenvalue weighted by Gasteiger charge is -2.43. The van der Waals surface area contributed by atoms with Gasteiger partial charge in [-0.25, -0.2) is 18.7 Å². The number of carbonyl (C=O) groups is 1. The van der Waals surface area contributed by atoms with Crippen LogP contribution in [-0.4, -0.2) is 154 Å². The number of aromatic nitrogens is 4. The Labute approximate surface area is 543 Å². The van der Waals surface area contributed by atoms with Crippen LogP contribution in [0.1, 0.15) is 130 Å². The van der Waals surface area contributed by atoms with Gasteiger partial charge in [0.25, 0.3) is 25.8 Å². The molecule has 516 valence electrons. The van der Waals surface area contributed by atoms with E-state index >= 15 is 0 Å². The number of hydrogen-bond acceptors (Lipinski definition) is 21. The van der Waals surface area contributed by atoms with Crippen molar-refractivity contribution in [3.8, 4) is 5.75 Å². The molecule has 1 saturated heterocycles. The van der Waals surface area contributed by atoms with Gasteiger partial charge in [-0.05, 0) is 95.7 Å². The van der Waals surface area contributed by atoms with Gasteiger partial charge in [0.2, 0.25) is 23.5 Å². The summed E-state index contributed by atoms with van der Waals surface area (Å²) < 4.78 is 132. The zero-order valence-electron chi connectivity index (χ0n) is 52.9. The Hall–Kier alpha value is -6.06. The van der Waals surface area contributed by atoms with Crippen molar-refractivity contribution in [3.05, 3.63) is 106 Å². The molecule has 0 spiro atoms. The van der Waals surface area contributed by atoms with Crippen molar-refractivity contribution in [1.29, 1.82) is 0 Å². The van der Waals surface area contributed by atoms with Crippen LogP contribution in [0, 0.1) is 5.41 Å². The molecule has 94 heavy (non-hydrogen) atoms. The molecule has 0 saturated carbocycles. The van der Waals surface area contributed by atoms with E-state index in [0.29, 0.717) is 62.0 Å². The number of fused-ring (bicyclic) bond motifs is 4. The Morgan fingerprint density at radius 2 is 1.61 bits per heavy atom. The van der Waals surface area contributed by atoms with Gasteiger partial charge in [-0.3, -0.25) is 32.8 Å². The van der Waals surface area contributed by atoms with Crippen LogP contribution in [0.25, 0.3) is 22.3 Å². The smallest absolute Gasteiger partial charge is 0.460 e. The van der Waals surface area contributed by atoms with Gasteiger partial charge < -0.3 is 60.5 Å². The molecular weight excluding hydrogens is 1330 g/mol. The molecule has 2 aromatic carbocycles. The number of nitrogens with two attached hydrogens (primary N) is 1. The van der Waals surface area contributed by atoms with E-state index in [4.69, 9.17) is 25.0 Å². The van der Waals surface area contributed by atoms with E-state index in [1.54, 1.807) is 6.07 Å². The summed E-state index contributed by atoms with van der Waals surface area (Å²) in [6.45, 7) is 17.1. The highest BCUT2D eigenvalue weighted by Crippen LogP contribution is 2.66. The minimum absolute atomic E-state index is 0.000170. The number of aromatic amines is 1. The number of hydrogen-bond donors (Lipinski definition) is 12. The number of amides is 1. The number of unbranched alkanes of at least 4 members (excludes halogenated alkanes) is 3. The monoisotopic (exact) mass is 1410 g/mol. The molecule has 1 amide bonds. The first kappa shape index (κ1) is 73.7. The van der Waals surface area contributed by atoms with E-state index in [0.717, 1.165) is 50.6 Å². The normalized spacial score (nSPS) is 22.5. The highest BCUT2D eigenvalue weighted by atomic mass is 32.2.